The summed E-state index contributed by atoms with van der Waals surface area (Å²) >= 11 is 5.92. The number of furan rings is 1. The number of carbonyl (C=O) groups is 1. The molecule has 0 spiro atoms. The molecule has 0 saturated carbocycles. The fraction of sp³-hybridized carbons (Fsp3) is 0.167. The van der Waals surface area contributed by atoms with Gasteiger partial charge in [-0.2, -0.15) is 4.98 Å². The highest BCUT2D eigenvalue weighted by Gasteiger charge is 2.34. The number of hydrogen-bond donors (Lipinski definition) is 0. The molecule has 0 bridgehead atoms. The van der Waals surface area contributed by atoms with Gasteiger partial charge in [-0.15, -0.1) is 0 Å². The Kier molecular flexibility index (Phi) is 6.08. The molecular formula is C24H19ClFN3O5S. The largest absolute Gasteiger partial charge is 0.459 e. The molecule has 2 aromatic heterocycles. The van der Waals surface area contributed by atoms with E-state index in [4.69, 9.17) is 20.4 Å². The van der Waals surface area contributed by atoms with E-state index in [9.17, 15) is 17.6 Å². The number of nitrogens with zero attached hydrogens (tertiary/aromatic N) is 3. The Labute approximate surface area is 205 Å². The highest BCUT2D eigenvalue weighted by molar-refractivity contribution is 7.91. The van der Waals surface area contributed by atoms with Crippen LogP contribution in [0.5, 0.6) is 0 Å². The number of carbonyl (C=O) groups excluding carboxylic acids is 1. The van der Waals surface area contributed by atoms with Gasteiger partial charge in [-0.05, 0) is 54.6 Å². The van der Waals surface area contributed by atoms with Crippen molar-refractivity contribution < 1.29 is 26.4 Å². The zero-order valence-corrected chi connectivity index (χ0v) is 19.8. The van der Waals surface area contributed by atoms with Crippen molar-refractivity contribution in [2.45, 2.75) is 9.92 Å². The number of rotatable bonds is 5. The van der Waals surface area contributed by atoms with Gasteiger partial charge in [0.2, 0.25) is 20.7 Å². The van der Waals surface area contributed by atoms with E-state index in [0.717, 1.165) is 0 Å². The average Bonchev–Trinajstić information content (AvgIpc) is 3.55. The first-order valence-electron chi connectivity index (χ1n) is 10.7. The van der Waals surface area contributed by atoms with Gasteiger partial charge in [-0.1, -0.05) is 17.7 Å². The minimum Gasteiger partial charge on any atom is -0.459 e. The van der Waals surface area contributed by atoms with Crippen LogP contribution >= 0.6 is 11.6 Å². The monoisotopic (exact) mass is 515 g/mol. The summed E-state index contributed by atoms with van der Waals surface area (Å²) < 4.78 is 51.7. The second kappa shape index (κ2) is 9.20. The Morgan fingerprint density at radius 3 is 2.40 bits per heavy atom. The predicted molar refractivity (Wildman–Crippen MR) is 126 cm³/mol. The smallest absolute Gasteiger partial charge is 0.266 e. The molecule has 4 aromatic rings. The number of aromatic nitrogens is 1. The highest BCUT2D eigenvalue weighted by Crippen LogP contribution is 2.35. The molecule has 1 fully saturated rings. The summed E-state index contributed by atoms with van der Waals surface area (Å²) in [6, 6.07) is 14.5. The molecule has 8 nitrogen and oxygen atoms in total. The summed E-state index contributed by atoms with van der Waals surface area (Å²) in [6.45, 7) is 1.15. The quantitative estimate of drug-likeness (QED) is 0.385. The van der Waals surface area contributed by atoms with Crippen molar-refractivity contribution in [1.82, 2.24) is 9.88 Å². The molecule has 0 aliphatic carbocycles. The lowest BCUT2D eigenvalue weighted by atomic mass is 10.2. The number of oxazole rings is 1. The van der Waals surface area contributed by atoms with Gasteiger partial charge in [0.25, 0.3) is 11.8 Å². The van der Waals surface area contributed by atoms with E-state index in [1.54, 1.807) is 28.0 Å². The average molecular weight is 516 g/mol. The van der Waals surface area contributed by atoms with Crippen molar-refractivity contribution in [2.24, 2.45) is 0 Å². The van der Waals surface area contributed by atoms with Crippen LogP contribution < -0.4 is 4.90 Å². The summed E-state index contributed by atoms with van der Waals surface area (Å²) in [5.74, 6) is -0.422. The number of piperazine rings is 1. The first-order chi connectivity index (χ1) is 16.8. The Hall–Kier alpha value is -3.63. The Bertz CT molecular complexity index is 1460. The summed E-state index contributed by atoms with van der Waals surface area (Å²) in [7, 11) is -4.05. The SMILES string of the molecule is O=C(c1cccc(F)c1)N1CCN(c2oc(-c3ccco3)nc2S(=O)(=O)c2ccc(Cl)cc2)CC1. The minimum atomic E-state index is -4.05. The van der Waals surface area contributed by atoms with Gasteiger partial charge in [-0.3, -0.25) is 4.79 Å². The van der Waals surface area contributed by atoms with Gasteiger partial charge < -0.3 is 18.6 Å². The molecule has 2 aromatic carbocycles. The molecule has 5 rings (SSSR count). The highest BCUT2D eigenvalue weighted by atomic mass is 35.5. The van der Waals surface area contributed by atoms with E-state index in [1.807, 2.05) is 0 Å². The summed E-state index contributed by atoms with van der Waals surface area (Å²) in [4.78, 5) is 20.4. The lowest BCUT2D eigenvalue weighted by Gasteiger charge is -2.34. The molecule has 0 radical (unpaired) electrons. The van der Waals surface area contributed by atoms with Crippen molar-refractivity contribution in [1.29, 1.82) is 0 Å². The van der Waals surface area contributed by atoms with E-state index in [-0.39, 0.29) is 65.1 Å². The van der Waals surface area contributed by atoms with Gasteiger partial charge in [0.05, 0.1) is 11.2 Å². The molecule has 35 heavy (non-hydrogen) atoms. The van der Waals surface area contributed by atoms with E-state index in [2.05, 4.69) is 4.98 Å². The normalized spacial score (nSPS) is 14.3. The van der Waals surface area contributed by atoms with Crippen LogP contribution in [-0.2, 0) is 9.84 Å². The lowest BCUT2D eigenvalue weighted by Crippen LogP contribution is -2.49. The van der Waals surface area contributed by atoms with Gasteiger partial charge in [0.15, 0.2) is 5.76 Å². The Balaban J connectivity index is 1.44. The van der Waals surface area contributed by atoms with E-state index < -0.39 is 15.7 Å². The third-order valence-electron chi connectivity index (χ3n) is 5.62. The fourth-order valence-electron chi connectivity index (χ4n) is 3.82. The third kappa shape index (κ3) is 4.54. The summed E-state index contributed by atoms with van der Waals surface area (Å²) in [6.07, 6.45) is 1.43. The maximum Gasteiger partial charge on any atom is 0.266 e. The van der Waals surface area contributed by atoms with Crippen LogP contribution in [0.2, 0.25) is 5.02 Å². The Morgan fingerprint density at radius 1 is 1.00 bits per heavy atom. The number of benzene rings is 2. The Morgan fingerprint density at radius 2 is 1.74 bits per heavy atom. The second-order valence-corrected chi connectivity index (χ2v) is 10.2. The number of amides is 1. The van der Waals surface area contributed by atoms with Gasteiger partial charge in [0, 0.05) is 36.8 Å². The standard InChI is InChI=1S/C24H19ClFN3O5S/c25-17-6-8-19(9-7-17)35(31,32)22-24(34-21(27-22)20-5-2-14-33-20)29-12-10-28(11-13-29)23(30)16-3-1-4-18(26)15-16/h1-9,14-15H,10-13H2. The molecule has 1 aliphatic heterocycles. The number of halogens is 2. The van der Waals surface area contributed by atoms with E-state index in [0.29, 0.717) is 5.02 Å². The van der Waals surface area contributed by atoms with Crippen LogP contribution in [0.3, 0.4) is 0 Å². The molecule has 3 heterocycles. The molecule has 1 amide bonds. The molecule has 1 saturated heterocycles. The van der Waals surface area contributed by atoms with Crippen LogP contribution in [0.25, 0.3) is 11.7 Å². The lowest BCUT2D eigenvalue weighted by molar-refractivity contribution is 0.0744. The maximum atomic E-state index is 13.5. The van der Waals surface area contributed by atoms with Crippen LogP contribution in [0.15, 0.2) is 85.7 Å². The van der Waals surface area contributed by atoms with E-state index >= 15 is 0 Å². The van der Waals surface area contributed by atoms with Crippen LogP contribution in [0, 0.1) is 5.82 Å². The van der Waals surface area contributed by atoms with Crippen LogP contribution in [0.1, 0.15) is 10.4 Å². The first-order valence-corrected chi connectivity index (χ1v) is 12.5. The molecule has 11 heteroatoms. The minimum absolute atomic E-state index is 0.0161. The number of sulfone groups is 1. The summed E-state index contributed by atoms with van der Waals surface area (Å²) in [5, 5.41) is 0.149. The zero-order valence-electron chi connectivity index (χ0n) is 18.2. The number of hydrogen-bond acceptors (Lipinski definition) is 7. The summed E-state index contributed by atoms with van der Waals surface area (Å²) in [5.41, 5.74) is 0.254. The van der Waals surface area contributed by atoms with Gasteiger partial charge in [-0.25, -0.2) is 12.8 Å². The molecular weight excluding hydrogens is 497 g/mol. The maximum absolute atomic E-state index is 13.5. The predicted octanol–water partition coefficient (Wildman–Crippen LogP) is 4.52. The first kappa shape index (κ1) is 23.1. The molecule has 0 N–H and O–H groups in total. The van der Waals surface area contributed by atoms with Gasteiger partial charge in [0.1, 0.15) is 5.82 Å². The van der Waals surface area contributed by atoms with Crippen molar-refractivity contribution >= 4 is 33.2 Å². The van der Waals surface area contributed by atoms with Gasteiger partial charge >= 0.3 is 0 Å². The molecule has 0 unspecified atom stereocenters. The van der Waals surface area contributed by atoms with E-state index in [1.165, 1.54) is 48.7 Å². The van der Waals surface area contributed by atoms with Crippen molar-refractivity contribution in [3.05, 3.63) is 83.3 Å². The topological polar surface area (TPSA) is 96.9 Å². The van der Waals surface area contributed by atoms with Crippen molar-refractivity contribution in [2.75, 3.05) is 31.1 Å². The van der Waals surface area contributed by atoms with Crippen molar-refractivity contribution in [3.8, 4) is 11.7 Å². The molecule has 1 aliphatic rings. The van der Waals surface area contributed by atoms with Crippen LogP contribution in [0.4, 0.5) is 10.3 Å². The van der Waals surface area contributed by atoms with Crippen LogP contribution in [-0.4, -0.2) is 50.4 Å². The molecule has 0 atom stereocenters. The number of anilines is 1. The second-order valence-electron chi connectivity index (χ2n) is 7.85. The van der Waals surface area contributed by atoms with Crippen molar-refractivity contribution in [3.63, 3.8) is 0 Å². The third-order valence-corrected chi connectivity index (χ3v) is 7.54. The molecule has 180 valence electrons. The fourth-order valence-corrected chi connectivity index (χ4v) is 5.27. The zero-order chi connectivity index (χ0) is 24.6.